The van der Waals surface area contributed by atoms with Crippen molar-refractivity contribution in [3.63, 3.8) is 0 Å². The van der Waals surface area contributed by atoms with Crippen molar-refractivity contribution in [2.45, 2.75) is 26.8 Å². The second-order valence-electron chi connectivity index (χ2n) is 6.06. The number of imidazole rings is 1. The SMILES string of the molecule is CCNC(=NCC(=O)N(C)C)NCCCn1c(C)nc2ccccc21.I. The molecule has 2 aromatic rings. The normalized spacial score (nSPS) is 11.2. The van der Waals surface area contributed by atoms with Gasteiger partial charge in [0.2, 0.25) is 5.91 Å². The van der Waals surface area contributed by atoms with Crippen molar-refractivity contribution < 1.29 is 4.79 Å². The standard InChI is InChI=1S/C18H28N6O.HI/c1-5-19-18(21-13-17(25)23(3)4)20-11-8-12-24-14(2)22-15-9-6-7-10-16(15)24;/h6-7,9-10H,5,8,11-13H2,1-4H3,(H2,19,20,21);1H. The molecule has 7 nitrogen and oxygen atoms in total. The van der Waals surface area contributed by atoms with E-state index in [9.17, 15) is 4.79 Å². The summed E-state index contributed by atoms with van der Waals surface area (Å²) in [5.74, 6) is 1.68. The number of carbonyl (C=O) groups is 1. The van der Waals surface area contributed by atoms with Crippen LogP contribution >= 0.6 is 24.0 Å². The van der Waals surface area contributed by atoms with Crippen LogP contribution in [-0.2, 0) is 11.3 Å². The van der Waals surface area contributed by atoms with E-state index in [1.54, 1.807) is 19.0 Å². The highest BCUT2D eigenvalue weighted by Gasteiger charge is 2.07. The lowest BCUT2D eigenvalue weighted by molar-refractivity contribution is -0.127. The van der Waals surface area contributed by atoms with E-state index < -0.39 is 0 Å². The summed E-state index contributed by atoms with van der Waals surface area (Å²) in [4.78, 5) is 22.1. The maximum atomic E-state index is 11.7. The first-order chi connectivity index (χ1) is 12.0. The van der Waals surface area contributed by atoms with Gasteiger partial charge in [-0.25, -0.2) is 9.98 Å². The number of aliphatic imine (C=N–C) groups is 1. The van der Waals surface area contributed by atoms with Crippen LogP contribution in [0.25, 0.3) is 11.0 Å². The van der Waals surface area contributed by atoms with Crippen LogP contribution in [-0.4, -0.2) is 60.0 Å². The number of hydrogen-bond donors (Lipinski definition) is 2. The molecule has 144 valence electrons. The molecule has 1 heterocycles. The predicted octanol–water partition coefficient (Wildman–Crippen LogP) is 2.00. The zero-order chi connectivity index (χ0) is 18.2. The number of para-hydroxylation sites is 2. The van der Waals surface area contributed by atoms with Gasteiger partial charge >= 0.3 is 0 Å². The third-order valence-electron chi connectivity index (χ3n) is 3.91. The molecule has 2 rings (SSSR count). The van der Waals surface area contributed by atoms with E-state index in [1.165, 1.54) is 0 Å². The van der Waals surface area contributed by atoms with Crippen molar-refractivity contribution in [1.29, 1.82) is 0 Å². The number of fused-ring (bicyclic) bond motifs is 1. The number of benzene rings is 1. The number of aromatic nitrogens is 2. The number of amides is 1. The van der Waals surface area contributed by atoms with Crippen molar-refractivity contribution >= 4 is 46.9 Å². The molecule has 0 unspecified atom stereocenters. The van der Waals surface area contributed by atoms with Crippen LogP contribution in [0.2, 0.25) is 0 Å². The van der Waals surface area contributed by atoms with Crippen molar-refractivity contribution in [3.05, 3.63) is 30.1 Å². The average molecular weight is 472 g/mol. The second kappa shape index (κ2) is 11.0. The largest absolute Gasteiger partial charge is 0.357 e. The lowest BCUT2D eigenvalue weighted by atomic mass is 10.3. The number of halogens is 1. The minimum absolute atomic E-state index is 0. The van der Waals surface area contributed by atoms with Crippen molar-refractivity contribution in [2.75, 3.05) is 33.7 Å². The molecule has 1 aromatic carbocycles. The average Bonchev–Trinajstić information content (AvgIpc) is 2.91. The Hall–Kier alpha value is -1.84. The number of aryl methyl sites for hydroxylation is 2. The van der Waals surface area contributed by atoms with E-state index in [4.69, 9.17) is 0 Å². The third kappa shape index (κ3) is 6.15. The molecule has 0 bridgehead atoms. The molecule has 0 fully saturated rings. The van der Waals surface area contributed by atoms with E-state index in [0.717, 1.165) is 42.9 Å². The lowest BCUT2D eigenvalue weighted by Crippen LogP contribution is -2.39. The Morgan fingerprint density at radius 3 is 2.69 bits per heavy atom. The summed E-state index contributed by atoms with van der Waals surface area (Å²) in [6.07, 6.45) is 0.938. The van der Waals surface area contributed by atoms with Crippen LogP contribution in [0.4, 0.5) is 0 Å². The molecule has 0 saturated carbocycles. The molecule has 0 spiro atoms. The van der Waals surface area contributed by atoms with E-state index in [0.29, 0.717) is 5.96 Å². The maximum absolute atomic E-state index is 11.7. The van der Waals surface area contributed by atoms with Gasteiger partial charge in [0.05, 0.1) is 11.0 Å². The molecule has 2 N–H and O–H groups in total. The fourth-order valence-electron chi connectivity index (χ4n) is 2.55. The molecule has 0 aliphatic rings. The first-order valence-electron chi connectivity index (χ1n) is 8.67. The topological polar surface area (TPSA) is 74.6 Å². The lowest BCUT2D eigenvalue weighted by Gasteiger charge is -2.13. The van der Waals surface area contributed by atoms with Gasteiger partial charge in [0, 0.05) is 33.7 Å². The minimum Gasteiger partial charge on any atom is -0.357 e. The minimum atomic E-state index is -0.0160. The zero-order valence-corrected chi connectivity index (χ0v) is 18.3. The van der Waals surface area contributed by atoms with Gasteiger partial charge in [0.15, 0.2) is 5.96 Å². The van der Waals surface area contributed by atoms with Crippen LogP contribution in [0.3, 0.4) is 0 Å². The van der Waals surface area contributed by atoms with Gasteiger partial charge < -0.3 is 20.1 Å². The number of rotatable bonds is 7. The first-order valence-corrected chi connectivity index (χ1v) is 8.67. The summed E-state index contributed by atoms with van der Waals surface area (Å²) < 4.78 is 2.23. The van der Waals surface area contributed by atoms with Gasteiger partial charge in [-0.05, 0) is 32.4 Å². The summed E-state index contributed by atoms with van der Waals surface area (Å²) in [5, 5.41) is 6.44. The molecule has 0 aliphatic heterocycles. The smallest absolute Gasteiger partial charge is 0.243 e. The number of nitrogens with zero attached hydrogens (tertiary/aromatic N) is 4. The zero-order valence-electron chi connectivity index (χ0n) is 16.0. The number of nitrogens with one attached hydrogen (secondary N) is 2. The summed E-state index contributed by atoms with van der Waals surface area (Å²) in [6.45, 7) is 6.60. The quantitative estimate of drug-likeness (QED) is 0.280. The predicted molar refractivity (Wildman–Crippen MR) is 117 cm³/mol. The molecule has 0 radical (unpaired) electrons. The monoisotopic (exact) mass is 472 g/mol. The van der Waals surface area contributed by atoms with Gasteiger partial charge in [-0.3, -0.25) is 4.79 Å². The van der Waals surface area contributed by atoms with E-state index >= 15 is 0 Å². The van der Waals surface area contributed by atoms with Gasteiger partial charge in [-0.15, -0.1) is 24.0 Å². The molecule has 1 amide bonds. The second-order valence-corrected chi connectivity index (χ2v) is 6.06. The number of carbonyl (C=O) groups excluding carboxylic acids is 1. The molecule has 0 aliphatic carbocycles. The van der Waals surface area contributed by atoms with Crippen LogP contribution < -0.4 is 10.6 Å². The van der Waals surface area contributed by atoms with Gasteiger partial charge in [0.25, 0.3) is 0 Å². The van der Waals surface area contributed by atoms with Crippen LogP contribution in [0.15, 0.2) is 29.3 Å². The highest BCUT2D eigenvalue weighted by molar-refractivity contribution is 14.0. The Labute approximate surface area is 172 Å². The number of likely N-dealkylation sites (N-methyl/N-ethyl adjacent to an activating group) is 1. The summed E-state index contributed by atoms with van der Waals surface area (Å²) in [7, 11) is 3.46. The van der Waals surface area contributed by atoms with Crippen molar-refractivity contribution in [3.8, 4) is 0 Å². The Morgan fingerprint density at radius 1 is 1.27 bits per heavy atom. The Balaban J connectivity index is 0.00000338. The van der Waals surface area contributed by atoms with Crippen LogP contribution in [0, 0.1) is 6.92 Å². The fraction of sp³-hybridized carbons (Fsp3) is 0.500. The molecular formula is C18H29IN6O. The van der Waals surface area contributed by atoms with Crippen LogP contribution in [0.1, 0.15) is 19.2 Å². The van der Waals surface area contributed by atoms with Gasteiger partial charge in [-0.1, -0.05) is 12.1 Å². The summed E-state index contributed by atoms with van der Waals surface area (Å²) in [5.41, 5.74) is 2.20. The highest BCUT2D eigenvalue weighted by atomic mass is 127. The van der Waals surface area contributed by atoms with Crippen LogP contribution in [0.5, 0.6) is 0 Å². The molecule has 8 heteroatoms. The van der Waals surface area contributed by atoms with E-state index in [2.05, 4.69) is 31.2 Å². The molecule has 0 saturated heterocycles. The van der Waals surface area contributed by atoms with E-state index in [1.807, 2.05) is 32.0 Å². The number of hydrogen-bond acceptors (Lipinski definition) is 3. The van der Waals surface area contributed by atoms with Crippen molar-refractivity contribution in [2.24, 2.45) is 4.99 Å². The Morgan fingerprint density at radius 2 is 2.00 bits per heavy atom. The van der Waals surface area contributed by atoms with E-state index in [-0.39, 0.29) is 36.4 Å². The van der Waals surface area contributed by atoms with Gasteiger partial charge in [-0.2, -0.15) is 0 Å². The fourth-order valence-corrected chi connectivity index (χ4v) is 2.55. The number of guanidine groups is 1. The van der Waals surface area contributed by atoms with Gasteiger partial charge in [0.1, 0.15) is 12.4 Å². The van der Waals surface area contributed by atoms with Crippen molar-refractivity contribution in [1.82, 2.24) is 25.1 Å². The Kier molecular flexibility index (Phi) is 9.39. The summed E-state index contributed by atoms with van der Waals surface area (Å²) >= 11 is 0. The molecule has 1 aromatic heterocycles. The highest BCUT2D eigenvalue weighted by Crippen LogP contribution is 2.15. The first kappa shape index (κ1) is 22.2. The third-order valence-corrected chi connectivity index (χ3v) is 3.91. The molecule has 26 heavy (non-hydrogen) atoms. The maximum Gasteiger partial charge on any atom is 0.243 e. The Bertz CT molecular complexity index is 740. The molecule has 0 atom stereocenters. The molecular weight excluding hydrogens is 443 g/mol. The summed E-state index contributed by atoms with van der Waals surface area (Å²) in [6, 6.07) is 8.18.